The number of rotatable bonds is 6. The number of aryl methyl sites for hydroxylation is 4. The van der Waals surface area contributed by atoms with Crippen molar-refractivity contribution in [1.29, 1.82) is 0 Å². The Hall–Kier alpha value is -3.08. The SMILES string of the molecule is CC(=O)O.CCc1oc(-c2ccc(C)cc2)nc1CCOc1ccc2c(c1)CCC2. The number of aromatic nitrogens is 1. The van der Waals surface area contributed by atoms with E-state index in [9.17, 15) is 0 Å². The quantitative estimate of drug-likeness (QED) is 0.591. The lowest BCUT2D eigenvalue weighted by Crippen LogP contribution is -2.04. The summed E-state index contributed by atoms with van der Waals surface area (Å²) in [6.45, 7) is 5.88. The molecule has 5 nitrogen and oxygen atoms in total. The molecule has 4 rings (SSSR count). The third kappa shape index (κ3) is 5.72. The van der Waals surface area contributed by atoms with Crippen molar-refractivity contribution in [3.05, 3.63) is 70.6 Å². The van der Waals surface area contributed by atoms with Gasteiger partial charge in [0.05, 0.1) is 12.3 Å². The molecule has 0 bridgehead atoms. The van der Waals surface area contributed by atoms with Crippen LogP contribution < -0.4 is 4.74 Å². The second kappa shape index (κ2) is 10.1. The molecule has 30 heavy (non-hydrogen) atoms. The summed E-state index contributed by atoms with van der Waals surface area (Å²) in [4.78, 5) is 13.7. The van der Waals surface area contributed by atoms with Crippen molar-refractivity contribution < 1.29 is 19.1 Å². The molecule has 0 saturated carbocycles. The highest BCUT2D eigenvalue weighted by Gasteiger charge is 2.14. The van der Waals surface area contributed by atoms with Gasteiger partial charge in [-0.15, -0.1) is 0 Å². The Bertz CT molecular complexity index is 985. The van der Waals surface area contributed by atoms with Gasteiger partial charge in [-0.25, -0.2) is 4.98 Å². The summed E-state index contributed by atoms with van der Waals surface area (Å²) in [6, 6.07) is 14.8. The third-order valence-electron chi connectivity index (χ3n) is 5.08. The Kier molecular flexibility index (Phi) is 7.28. The Morgan fingerprint density at radius 2 is 1.83 bits per heavy atom. The number of oxazole rings is 1. The molecule has 0 saturated heterocycles. The molecular formula is C25H29NO4. The second-order valence-electron chi connectivity index (χ2n) is 7.51. The first-order valence-corrected chi connectivity index (χ1v) is 10.5. The van der Waals surface area contributed by atoms with Crippen molar-refractivity contribution >= 4 is 5.97 Å². The van der Waals surface area contributed by atoms with Crippen LogP contribution in [0.15, 0.2) is 46.9 Å². The van der Waals surface area contributed by atoms with Gasteiger partial charge in [-0.1, -0.05) is 30.7 Å². The fourth-order valence-electron chi connectivity index (χ4n) is 3.58. The van der Waals surface area contributed by atoms with Gasteiger partial charge in [-0.05, 0) is 61.6 Å². The molecule has 158 valence electrons. The summed E-state index contributed by atoms with van der Waals surface area (Å²) in [5, 5.41) is 7.42. The van der Waals surface area contributed by atoms with E-state index in [0.29, 0.717) is 12.5 Å². The number of carboxylic acid groups (broad SMARTS) is 1. The standard InChI is InChI=1S/C23H25NO2.C2H4O2/c1-3-22-21(24-23(26-22)18-9-7-16(2)8-10-18)13-14-25-20-12-11-17-5-4-6-19(17)15-20;1-2(3)4/h7-12,15H,3-6,13-14H2,1-2H3;1H3,(H,3,4). The number of benzene rings is 2. The predicted molar refractivity (Wildman–Crippen MR) is 117 cm³/mol. The van der Waals surface area contributed by atoms with E-state index in [4.69, 9.17) is 24.0 Å². The maximum Gasteiger partial charge on any atom is 0.300 e. The number of ether oxygens (including phenoxy) is 1. The molecule has 1 N–H and O–H groups in total. The van der Waals surface area contributed by atoms with Gasteiger partial charge >= 0.3 is 0 Å². The monoisotopic (exact) mass is 407 g/mol. The van der Waals surface area contributed by atoms with E-state index < -0.39 is 5.97 Å². The van der Waals surface area contributed by atoms with E-state index >= 15 is 0 Å². The molecular weight excluding hydrogens is 378 g/mol. The number of carboxylic acids is 1. The zero-order chi connectivity index (χ0) is 21.5. The van der Waals surface area contributed by atoms with Crippen molar-refractivity contribution in [3.63, 3.8) is 0 Å². The van der Waals surface area contributed by atoms with Crippen LogP contribution in [-0.2, 0) is 30.5 Å². The lowest BCUT2D eigenvalue weighted by atomic mass is 10.1. The maximum atomic E-state index is 9.00. The highest BCUT2D eigenvalue weighted by molar-refractivity contribution is 5.63. The molecule has 3 aromatic rings. The molecule has 1 aliphatic rings. The van der Waals surface area contributed by atoms with E-state index in [1.807, 2.05) is 0 Å². The second-order valence-corrected chi connectivity index (χ2v) is 7.51. The summed E-state index contributed by atoms with van der Waals surface area (Å²) >= 11 is 0. The minimum Gasteiger partial charge on any atom is -0.493 e. The van der Waals surface area contributed by atoms with Crippen molar-refractivity contribution in [3.8, 4) is 17.2 Å². The van der Waals surface area contributed by atoms with E-state index in [2.05, 4.69) is 56.3 Å². The van der Waals surface area contributed by atoms with Crippen LogP contribution >= 0.6 is 0 Å². The van der Waals surface area contributed by atoms with Gasteiger partial charge in [0.1, 0.15) is 11.5 Å². The predicted octanol–water partition coefficient (Wildman–Crippen LogP) is 5.41. The van der Waals surface area contributed by atoms with Crippen molar-refractivity contribution in [2.75, 3.05) is 6.61 Å². The van der Waals surface area contributed by atoms with E-state index in [0.717, 1.165) is 42.5 Å². The summed E-state index contributed by atoms with van der Waals surface area (Å²) < 4.78 is 12.0. The van der Waals surface area contributed by atoms with E-state index in [1.54, 1.807) is 0 Å². The van der Waals surface area contributed by atoms with Gasteiger partial charge < -0.3 is 14.3 Å². The van der Waals surface area contributed by atoms with Crippen LogP contribution in [0.1, 0.15) is 48.4 Å². The Labute approximate surface area is 177 Å². The molecule has 0 spiro atoms. The average Bonchev–Trinajstić information content (AvgIpc) is 3.34. The topological polar surface area (TPSA) is 72.6 Å². The normalized spacial score (nSPS) is 12.1. The smallest absolute Gasteiger partial charge is 0.300 e. The molecule has 0 aliphatic heterocycles. The number of aliphatic carboxylic acids is 1. The van der Waals surface area contributed by atoms with Crippen LogP contribution in [0.5, 0.6) is 5.75 Å². The zero-order valence-electron chi connectivity index (χ0n) is 17.9. The fourth-order valence-corrected chi connectivity index (χ4v) is 3.58. The maximum absolute atomic E-state index is 9.00. The van der Waals surface area contributed by atoms with Gasteiger partial charge in [0.25, 0.3) is 5.97 Å². The summed E-state index contributed by atoms with van der Waals surface area (Å²) in [5.41, 5.74) is 6.18. The molecule has 1 aromatic heterocycles. The number of fused-ring (bicyclic) bond motifs is 1. The van der Waals surface area contributed by atoms with Gasteiger partial charge in [0.15, 0.2) is 0 Å². The highest BCUT2D eigenvalue weighted by atomic mass is 16.5. The van der Waals surface area contributed by atoms with Crippen LogP contribution in [0.2, 0.25) is 0 Å². The summed E-state index contributed by atoms with van der Waals surface area (Å²) in [5.74, 6) is 1.79. The van der Waals surface area contributed by atoms with Crippen LogP contribution in [-0.4, -0.2) is 22.7 Å². The minimum atomic E-state index is -0.833. The number of hydrogen-bond acceptors (Lipinski definition) is 4. The molecule has 0 fully saturated rings. The summed E-state index contributed by atoms with van der Waals surface area (Å²) in [6.07, 6.45) is 5.24. The fraction of sp³-hybridized carbons (Fsp3) is 0.360. The minimum absolute atomic E-state index is 0.617. The first-order chi connectivity index (χ1) is 14.5. The van der Waals surface area contributed by atoms with Crippen LogP contribution in [0.3, 0.4) is 0 Å². The number of carbonyl (C=O) groups is 1. The molecule has 0 unspecified atom stereocenters. The van der Waals surface area contributed by atoms with Crippen LogP contribution in [0, 0.1) is 6.92 Å². The van der Waals surface area contributed by atoms with Gasteiger partial charge in [-0.2, -0.15) is 0 Å². The largest absolute Gasteiger partial charge is 0.493 e. The first kappa shape index (κ1) is 21.6. The van der Waals surface area contributed by atoms with Crippen molar-refractivity contribution in [2.24, 2.45) is 0 Å². The number of nitrogens with zero attached hydrogens (tertiary/aromatic N) is 1. The Morgan fingerprint density at radius 1 is 1.13 bits per heavy atom. The van der Waals surface area contributed by atoms with Crippen LogP contribution in [0.4, 0.5) is 0 Å². The lowest BCUT2D eigenvalue weighted by Gasteiger charge is -2.07. The van der Waals surface area contributed by atoms with Crippen molar-refractivity contribution in [1.82, 2.24) is 4.98 Å². The molecule has 2 aromatic carbocycles. The lowest BCUT2D eigenvalue weighted by molar-refractivity contribution is -0.134. The van der Waals surface area contributed by atoms with Crippen LogP contribution in [0.25, 0.3) is 11.5 Å². The first-order valence-electron chi connectivity index (χ1n) is 10.5. The molecule has 0 radical (unpaired) electrons. The molecule has 1 aliphatic carbocycles. The van der Waals surface area contributed by atoms with Gasteiger partial charge in [-0.3, -0.25) is 4.79 Å². The van der Waals surface area contributed by atoms with Gasteiger partial charge in [0.2, 0.25) is 5.89 Å². The molecule has 0 atom stereocenters. The van der Waals surface area contributed by atoms with E-state index in [-0.39, 0.29) is 0 Å². The Morgan fingerprint density at radius 3 is 2.53 bits per heavy atom. The zero-order valence-corrected chi connectivity index (χ0v) is 17.9. The highest BCUT2D eigenvalue weighted by Crippen LogP contribution is 2.27. The Balaban J connectivity index is 0.000000589. The summed E-state index contributed by atoms with van der Waals surface area (Å²) in [7, 11) is 0. The molecule has 5 heteroatoms. The third-order valence-corrected chi connectivity index (χ3v) is 5.08. The number of hydrogen-bond donors (Lipinski definition) is 1. The molecule has 0 amide bonds. The molecule has 1 heterocycles. The van der Waals surface area contributed by atoms with Crippen molar-refractivity contribution in [2.45, 2.75) is 52.9 Å². The average molecular weight is 408 g/mol. The van der Waals surface area contributed by atoms with E-state index in [1.165, 1.54) is 36.0 Å². The van der Waals surface area contributed by atoms with Gasteiger partial charge in [0, 0.05) is 25.3 Å².